The lowest BCUT2D eigenvalue weighted by Crippen LogP contribution is -2.34. The minimum Gasteiger partial charge on any atom is -0.341 e. The third-order valence-corrected chi connectivity index (χ3v) is 5.06. The molecule has 1 aliphatic rings. The van der Waals surface area contributed by atoms with Crippen LogP contribution in [0.2, 0.25) is 0 Å². The molecule has 1 fully saturated rings. The quantitative estimate of drug-likeness (QED) is 0.859. The Hall–Kier alpha value is -2.08. The van der Waals surface area contributed by atoms with Gasteiger partial charge in [0.05, 0.1) is 18.1 Å². The van der Waals surface area contributed by atoms with E-state index < -0.39 is 0 Å². The van der Waals surface area contributed by atoms with Gasteiger partial charge in [-0.2, -0.15) is 0 Å². The number of nitrogens with one attached hydrogen (secondary N) is 1. The molecule has 2 heterocycles. The molecule has 0 bridgehead atoms. The number of rotatable bonds is 4. The summed E-state index contributed by atoms with van der Waals surface area (Å²) in [5.41, 5.74) is 1.24. The Morgan fingerprint density at radius 3 is 2.38 bits per heavy atom. The van der Waals surface area contributed by atoms with E-state index in [2.05, 4.69) is 27.1 Å². The van der Waals surface area contributed by atoms with Crippen molar-refractivity contribution in [3.8, 4) is 0 Å². The van der Waals surface area contributed by atoms with Gasteiger partial charge in [-0.05, 0) is 49.3 Å². The zero-order valence-electron chi connectivity index (χ0n) is 14.0. The molecule has 0 unspecified atom stereocenters. The Labute approximate surface area is 146 Å². The van der Waals surface area contributed by atoms with Crippen LogP contribution >= 0.6 is 11.8 Å². The maximum absolute atomic E-state index is 12.3. The van der Waals surface area contributed by atoms with Gasteiger partial charge in [-0.3, -0.25) is 4.79 Å². The van der Waals surface area contributed by atoms with Crippen molar-refractivity contribution in [3.05, 3.63) is 42.2 Å². The van der Waals surface area contributed by atoms with Crippen molar-refractivity contribution in [2.75, 3.05) is 29.6 Å². The van der Waals surface area contributed by atoms with Crippen molar-refractivity contribution in [2.24, 2.45) is 5.92 Å². The fraction of sp³-hybridized carbons (Fsp3) is 0.389. The number of carbonyl (C=O) groups excluding carboxylic acids is 1. The zero-order valence-corrected chi connectivity index (χ0v) is 14.8. The van der Waals surface area contributed by atoms with Gasteiger partial charge in [0, 0.05) is 23.5 Å². The summed E-state index contributed by atoms with van der Waals surface area (Å²) in [6, 6.07) is 7.53. The highest BCUT2D eigenvalue weighted by Gasteiger charge is 2.17. The molecule has 1 aromatic carbocycles. The summed E-state index contributed by atoms with van der Waals surface area (Å²) < 4.78 is 0. The Balaban J connectivity index is 1.62. The van der Waals surface area contributed by atoms with Gasteiger partial charge in [0.15, 0.2) is 0 Å². The zero-order chi connectivity index (χ0) is 16.9. The minimum atomic E-state index is -0.147. The number of thioether (sulfide) groups is 1. The number of nitrogens with zero attached hydrogens (tertiary/aromatic N) is 3. The number of hydrogen-bond acceptors (Lipinski definition) is 5. The van der Waals surface area contributed by atoms with E-state index >= 15 is 0 Å². The van der Waals surface area contributed by atoms with Gasteiger partial charge in [0.2, 0.25) is 5.95 Å². The van der Waals surface area contributed by atoms with E-state index in [0.717, 1.165) is 29.9 Å². The van der Waals surface area contributed by atoms with Crippen LogP contribution in [0.4, 0.5) is 11.6 Å². The minimum absolute atomic E-state index is 0.147. The number of benzene rings is 1. The molecular formula is C18H22N4OS. The lowest BCUT2D eigenvalue weighted by Gasteiger charge is -2.30. The molecule has 1 aliphatic heterocycles. The Bertz CT molecular complexity index is 679. The second kappa shape index (κ2) is 7.66. The van der Waals surface area contributed by atoms with Crippen LogP contribution in [0, 0.1) is 5.92 Å². The average Bonchev–Trinajstić information content (AvgIpc) is 2.63. The lowest BCUT2D eigenvalue weighted by molar-refractivity contribution is 0.102. The molecule has 1 aromatic heterocycles. The molecule has 1 N–H and O–H groups in total. The SMILES string of the molecule is CSc1ccc(C(=O)Nc2cnc(N3CCC(C)CC3)nc2)cc1. The summed E-state index contributed by atoms with van der Waals surface area (Å²) in [6.07, 6.45) is 7.71. The van der Waals surface area contributed by atoms with Gasteiger partial charge in [-0.25, -0.2) is 9.97 Å². The van der Waals surface area contributed by atoms with Crippen molar-refractivity contribution in [1.82, 2.24) is 9.97 Å². The van der Waals surface area contributed by atoms with E-state index in [1.807, 2.05) is 30.5 Å². The fourth-order valence-corrected chi connectivity index (χ4v) is 3.11. The Kier molecular flexibility index (Phi) is 5.35. The highest BCUT2D eigenvalue weighted by molar-refractivity contribution is 7.98. The van der Waals surface area contributed by atoms with Crippen LogP contribution < -0.4 is 10.2 Å². The number of piperidine rings is 1. The van der Waals surface area contributed by atoms with Crippen molar-refractivity contribution >= 4 is 29.3 Å². The molecule has 1 saturated heterocycles. The van der Waals surface area contributed by atoms with Gasteiger partial charge >= 0.3 is 0 Å². The highest BCUT2D eigenvalue weighted by Crippen LogP contribution is 2.20. The number of hydrogen-bond donors (Lipinski definition) is 1. The molecule has 0 aliphatic carbocycles. The maximum atomic E-state index is 12.3. The van der Waals surface area contributed by atoms with Gasteiger partial charge in [0.25, 0.3) is 5.91 Å². The van der Waals surface area contributed by atoms with Crippen LogP contribution in [0.1, 0.15) is 30.1 Å². The second-order valence-corrected chi connectivity index (χ2v) is 7.00. The predicted molar refractivity (Wildman–Crippen MR) is 98.8 cm³/mol. The van der Waals surface area contributed by atoms with Gasteiger partial charge < -0.3 is 10.2 Å². The molecule has 3 rings (SSSR count). The van der Waals surface area contributed by atoms with E-state index in [-0.39, 0.29) is 5.91 Å². The number of aromatic nitrogens is 2. The highest BCUT2D eigenvalue weighted by atomic mass is 32.2. The Morgan fingerprint density at radius 2 is 1.79 bits per heavy atom. The van der Waals surface area contributed by atoms with Gasteiger partial charge in [-0.1, -0.05) is 6.92 Å². The molecule has 0 saturated carbocycles. The summed E-state index contributed by atoms with van der Waals surface area (Å²) in [5.74, 6) is 1.37. The molecule has 0 spiro atoms. The molecule has 6 heteroatoms. The first-order valence-corrected chi connectivity index (χ1v) is 9.40. The third kappa shape index (κ3) is 4.06. The van der Waals surface area contributed by atoms with Crippen LogP contribution in [0.25, 0.3) is 0 Å². The first-order chi connectivity index (χ1) is 11.7. The van der Waals surface area contributed by atoms with Gasteiger partial charge in [-0.15, -0.1) is 11.8 Å². The van der Waals surface area contributed by atoms with E-state index in [9.17, 15) is 4.79 Å². The topological polar surface area (TPSA) is 58.1 Å². The van der Waals surface area contributed by atoms with Crippen LogP contribution in [0.5, 0.6) is 0 Å². The van der Waals surface area contributed by atoms with Crippen molar-refractivity contribution in [1.29, 1.82) is 0 Å². The summed E-state index contributed by atoms with van der Waals surface area (Å²) in [4.78, 5) is 24.4. The monoisotopic (exact) mass is 342 g/mol. The van der Waals surface area contributed by atoms with Gasteiger partial charge in [0.1, 0.15) is 0 Å². The van der Waals surface area contributed by atoms with Crippen molar-refractivity contribution in [3.63, 3.8) is 0 Å². The third-order valence-electron chi connectivity index (χ3n) is 4.31. The largest absolute Gasteiger partial charge is 0.341 e. The average molecular weight is 342 g/mol. The van der Waals surface area contributed by atoms with Crippen LogP contribution in [-0.4, -0.2) is 35.2 Å². The van der Waals surface area contributed by atoms with Crippen LogP contribution in [0.15, 0.2) is 41.6 Å². The van der Waals surface area contributed by atoms with E-state index in [0.29, 0.717) is 11.3 Å². The van der Waals surface area contributed by atoms with E-state index in [1.165, 1.54) is 12.8 Å². The Morgan fingerprint density at radius 1 is 1.17 bits per heavy atom. The van der Waals surface area contributed by atoms with Crippen LogP contribution in [0.3, 0.4) is 0 Å². The number of anilines is 2. The summed E-state index contributed by atoms with van der Waals surface area (Å²) in [5, 5.41) is 2.84. The maximum Gasteiger partial charge on any atom is 0.255 e. The fourth-order valence-electron chi connectivity index (χ4n) is 2.70. The van der Waals surface area contributed by atoms with Crippen molar-refractivity contribution < 1.29 is 4.79 Å². The first kappa shape index (κ1) is 16.8. The van der Waals surface area contributed by atoms with Crippen molar-refractivity contribution in [2.45, 2.75) is 24.7 Å². The molecule has 0 radical (unpaired) electrons. The lowest BCUT2D eigenvalue weighted by atomic mass is 10.00. The van der Waals surface area contributed by atoms with Crippen LogP contribution in [-0.2, 0) is 0 Å². The summed E-state index contributed by atoms with van der Waals surface area (Å²) in [6.45, 7) is 4.27. The number of amides is 1. The smallest absolute Gasteiger partial charge is 0.255 e. The first-order valence-electron chi connectivity index (χ1n) is 8.18. The standard InChI is InChI=1S/C18H22N4OS/c1-13-7-9-22(10-8-13)18-19-11-15(12-20-18)21-17(23)14-3-5-16(24-2)6-4-14/h3-6,11-13H,7-10H2,1-2H3,(H,21,23). The molecule has 1 amide bonds. The molecule has 126 valence electrons. The summed E-state index contributed by atoms with van der Waals surface area (Å²) >= 11 is 1.65. The molecule has 24 heavy (non-hydrogen) atoms. The molecule has 5 nitrogen and oxygen atoms in total. The molecule has 2 aromatic rings. The number of carbonyl (C=O) groups is 1. The van der Waals surface area contributed by atoms with E-state index in [4.69, 9.17) is 0 Å². The predicted octanol–water partition coefficient (Wildman–Crippen LogP) is 3.69. The molecular weight excluding hydrogens is 320 g/mol. The summed E-state index contributed by atoms with van der Waals surface area (Å²) in [7, 11) is 0. The molecule has 0 atom stereocenters. The van der Waals surface area contributed by atoms with E-state index in [1.54, 1.807) is 24.2 Å². The second-order valence-electron chi connectivity index (χ2n) is 6.12. The normalized spacial score (nSPS) is 15.3.